The van der Waals surface area contributed by atoms with Gasteiger partial charge in [-0.15, -0.1) is 10.2 Å². The van der Waals surface area contributed by atoms with Crippen LogP contribution in [0.2, 0.25) is 0 Å². The van der Waals surface area contributed by atoms with Gasteiger partial charge >= 0.3 is 5.97 Å². The Hall–Kier alpha value is -2.11. The summed E-state index contributed by atoms with van der Waals surface area (Å²) in [5, 5.41) is 22.9. The normalized spacial score (nSPS) is 14.9. The standard InChI is InChI=1S/C8H6N4O2/c13-8(14)6-3-1-2-5(4-6)7-9-11-12-10-7/h1-4,7H,(H,13,14). The molecule has 0 atom stereocenters. The second kappa shape index (κ2) is 3.33. The Morgan fingerprint density at radius 2 is 2.00 bits per heavy atom. The fraction of sp³-hybridized carbons (Fsp3) is 0.125. The van der Waals surface area contributed by atoms with E-state index < -0.39 is 12.1 Å². The molecule has 2 rings (SSSR count). The zero-order chi connectivity index (χ0) is 9.97. The molecule has 0 aliphatic carbocycles. The molecule has 0 fully saturated rings. The average Bonchev–Trinajstić information content (AvgIpc) is 2.71. The fourth-order valence-corrected chi connectivity index (χ4v) is 1.13. The van der Waals surface area contributed by atoms with Gasteiger partial charge in [0.25, 0.3) is 0 Å². The monoisotopic (exact) mass is 190 g/mol. The molecule has 1 aromatic rings. The van der Waals surface area contributed by atoms with Crippen molar-refractivity contribution in [2.24, 2.45) is 20.7 Å². The third-order valence-electron chi connectivity index (χ3n) is 1.79. The maximum Gasteiger partial charge on any atom is 0.335 e. The van der Waals surface area contributed by atoms with E-state index in [-0.39, 0.29) is 5.56 Å². The lowest BCUT2D eigenvalue weighted by molar-refractivity contribution is 0.0697. The van der Waals surface area contributed by atoms with E-state index in [4.69, 9.17) is 5.11 Å². The van der Waals surface area contributed by atoms with E-state index in [1.165, 1.54) is 12.1 Å². The fourth-order valence-electron chi connectivity index (χ4n) is 1.13. The maximum absolute atomic E-state index is 10.7. The highest BCUT2D eigenvalue weighted by Gasteiger charge is 2.14. The number of rotatable bonds is 2. The van der Waals surface area contributed by atoms with Crippen LogP contribution in [0, 0.1) is 0 Å². The third kappa shape index (κ3) is 1.49. The molecule has 70 valence electrons. The Kier molecular flexibility index (Phi) is 2.02. The predicted molar refractivity (Wildman–Crippen MR) is 45.9 cm³/mol. The summed E-state index contributed by atoms with van der Waals surface area (Å²) in [7, 11) is 0. The number of carboxylic acid groups (broad SMARTS) is 1. The van der Waals surface area contributed by atoms with Crippen molar-refractivity contribution in [3.05, 3.63) is 35.4 Å². The van der Waals surface area contributed by atoms with Crippen molar-refractivity contribution >= 4 is 5.97 Å². The van der Waals surface area contributed by atoms with Gasteiger partial charge in [-0.3, -0.25) is 0 Å². The Morgan fingerprint density at radius 3 is 2.64 bits per heavy atom. The minimum absolute atomic E-state index is 0.208. The number of carboxylic acids is 1. The maximum atomic E-state index is 10.7. The molecule has 6 heteroatoms. The first-order chi connectivity index (χ1) is 6.77. The van der Waals surface area contributed by atoms with Crippen molar-refractivity contribution in [1.82, 2.24) is 0 Å². The molecule has 0 aromatic heterocycles. The van der Waals surface area contributed by atoms with Gasteiger partial charge in [0.05, 0.1) is 5.56 Å². The molecule has 1 N–H and O–H groups in total. The summed E-state index contributed by atoms with van der Waals surface area (Å²) < 4.78 is 0. The van der Waals surface area contributed by atoms with E-state index in [9.17, 15) is 4.79 Å². The number of hydrogen-bond acceptors (Lipinski definition) is 5. The van der Waals surface area contributed by atoms with Crippen molar-refractivity contribution < 1.29 is 9.90 Å². The predicted octanol–water partition coefficient (Wildman–Crippen LogP) is 2.22. The Bertz CT molecular complexity index is 415. The summed E-state index contributed by atoms with van der Waals surface area (Å²) in [5.41, 5.74) is 0.884. The molecule has 0 saturated carbocycles. The van der Waals surface area contributed by atoms with Gasteiger partial charge in [0.15, 0.2) is 0 Å². The summed E-state index contributed by atoms with van der Waals surface area (Å²) in [6.07, 6.45) is -0.491. The van der Waals surface area contributed by atoms with E-state index in [2.05, 4.69) is 20.7 Å². The lowest BCUT2D eigenvalue weighted by Gasteiger charge is -2.01. The van der Waals surface area contributed by atoms with E-state index >= 15 is 0 Å². The second-order valence-corrected chi connectivity index (χ2v) is 2.71. The van der Waals surface area contributed by atoms with Crippen LogP contribution in [0.15, 0.2) is 44.9 Å². The summed E-state index contributed by atoms with van der Waals surface area (Å²) in [6, 6.07) is 6.40. The number of carbonyl (C=O) groups is 1. The minimum Gasteiger partial charge on any atom is -0.478 e. The van der Waals surface area contributed by atoms with Crippen LogP contribution in [0.1, 0.15) is 22.1 Å². The zero-order valence-corrected chi connectivity index (χ0v) is 7.03. The Balaban J connectivity index is 2.35. The lowest BCUT2D eigenvalue weighted by atomic mass is 10.1. The molecular weight excluding hydrogens is 184 g/mol. The number of aromatic carboxylic acids is 1. The highest BCUT2D eigenvalue weighted by atomic mass is 16.4. The number of benzene rings is 1. The molecule has 1 heterocycles. The molecule has 1 aliphatic rings. The van der Waals surface area contributed by atoms with Gasteiger partial charge in [-0.25, -0.2) is 4.79 Å². The smallest absolute Gasteiger partial charge is 0.335 e. The van der Waals surface area contributed by atoms with Crippen LogP contribution in [-0.2, 0) is 0 Å². The molecule has 0 radical (unpaired) electrons. The van der Waals surface area contributed by atoms with Crippen LogP contribution in [0.5, 0.6) is 0 Å². The quantitative estimate of drug-likeness (QED) is 0.774. The first-order valence-corrected chi connectivity index (χ1v) is 3.90. The largest absolute Gasteiger partial charge is 0.478 e. The summed E-state index contributed by atoms with van der Waals surface area (Å²) in [4.78, 5) is 10.7. The molecule has 0 spiro atoms. The second-order valence-electron chi connectivity index (χ2n) is 2.71. The van der Waals surface area contributed by atoms with Crippen molar-refractivity contribution in [2.75, 3.05) is 0 Å². The van der Waals surface area contributed by atoms with Gasteiger partial charge in [0.1, 0.15) is 0 Å². The molecule has 14 heavy (non-hydrogen) atoms. The van der Waals surface area contributed by atoms with Gasteiger partial charge in [-0.05, 0) is 22.6 Å². The van der Waals surface area contributed by atoms with Gasteiger partial charge < -0.3 is 5.11 Å². The average molecular weight is 190 g/mol. The van der Waals surface area contributed by atoms with E-state index in [1.807, 2.05) is 0 Å². The van der Waals surface area contributed by atoms with Crippen LogP contribution in [0.25, 0.3) is 0 Å². The Labute approximate surface area is 79.0 Å². The van der Waals surface area contributed by atoms with Gasteiger partial charge in [-0.2, -0.15) is 0 Å². The summed E-state index contributed by atoms with van der Waals surface area (Å²) >= 11 is 0. The SMILES string of the molecule is O=C(O)c1cccc(C2N=NN=N2)c1. The first-order valence-electron chi connectivity index (χ1n) is 3.90. The van der Waals surface area contributed by atoms with Crippen molar-refractivity contribution in [3.8, 4) is 0 Å². The molecule has 6 nitrogen and oxygen atoms in total. The lowest BCUT2D eigenvalue weighted by Crippen LogP contribution is -1.98. The minimum atomic E-state index is -0.973. The van der Waals surface area contributed by atoms with Crippen LogP contribution in [-0.4, -0.2) is 11.1 Å². The third-order valence-corrected chi connectivity index (χ3v) is 1.79. The molecule has 0 unspecified atom stereocenters. The van der Waals surface area contributed by atoms with Crippen molar-refractivity contribution in [2.45, 2.75) is 6.17 Å². The number of nitrogens with zero attached hydrogens (tertiary/aromatic N) is 4. The molecule has 0 bridgehead atoms. The van der Waals surface area contributed by atoms with Gasteiger partial charge in [0.2, 0.25) is 6.17 Å². The van der Waals surface area contributed by atoms with E-state index in [0.29, 0.717) is 5.56 Å². The van der Waals surface area contributed by atoms with Gasteiger partial charge in [0, 0.05) is 5.56 Å². The van der Waals surface area contributed by atoms with Crippen LogP contribution in [0.4, 0.5) is 0 Å². The topological polar surface area (TPSA) is 86.7 Å². The number of hydrogen-bond donors (Lipinski definition) is 1. The van der Waals surface area contributed by atoms with Crippen LogP contribution >= 0.6 is 0 Å². The van der Waals surface area contributed by atoms with E-state index in [0.717, 1.165) is 0 Å². The molecule has 0 amide bonds. The zero-order valence-electron chi connectivity index (χ0n) is 7.03. The van der Waals surface area contributed by atoms with Crippen molar-refractivity contribution in [1.29, 1.82) is 0 Å². The molecule has 1 aromatic carbocycles. The highest BCUT2D eigenvalue weighted by Crippen LogP contribution is 2.24. The highest BCUT2D eigenvalue weighted by molar-refractivity contribution is 5.87. The van der Waals surface area contributed by atoms with Crippen molar-refractivity contribution in [3.63, 3.8) is 0 Å². The van der Waals surface area contributed by atoms with Crippen LogP contribution < -0.4 is 0 Å². The summed E-state index contributed by atoms with van der Waals surface area (Å²) in [6.45, 7) is 0. The molecule has 1 aliphatic heterocycles. The van der Waals surface area contributed by atoms with E-state index in [1.54, 1.807) is 12.1 Å². The van der Waals surface area contributed by atoms with Crippen LogP contribution in [0.3, 0.4) is 0 Å². The molecular formula is C8H6N4O2. The first kappa shape index (κ1) is 8.49. The Morgan fingerprint density at radius 1 is 1.29 bits per heavy atom. The van der Waals surface area contributed by atoms with Gasteiger partial charge in [-0.1, -0.05) is 12.1 Å². The molecule has 0 saturated heterocycles. The summed E-state index contributed by atoms with van der Waals surface area (Å²) in [5.74, 6) is -0.973.